The van der Waals surface area contributed by atoms with Crippen molar-refractivity contribution < 1.29 is 32.3 Å². The Morgan fingerprint density at radius 2 is 1.70 bits per heavy atom. The molecular formula is C25H34F3N5O4. The first-order valence-electron chi connectivity index (χ1n) is 12.8. The number of hydrogen-bond donors (Lipinski definition) is 2. The van der Waals surface area contributed by atoms with Crippen molar-refractivity contribution in [3.8, 4) is 0 Å². The second-order valence-electron chi connectivity index (χ2n) is 9.64. The Bertz CT molecular complexity index is 975. The highest BCUT2D eigenvalue weighted by Gasteiger charge is 2.49. The summed E-state index contributed by atoms with van der Waals surface area (Å²) in [4.78, 5) is 42.0. The molecule has 2 aliphatic heterocycles. The van der Waals surface area contributed by atoms with E-state index in [1.165, 1.54) is 12.1 Å². The molecule has 1 amide bonds. The average Bonchev–Trinajstić information content (AvgIpc) is 2.90. The number of hydrogen-bond acceptors (Lipinski definition) is 8. The molecule has 2 N–H and O–H groups in total. The number of rotatable bonds is 8. The Balaban J connectivity index is 1.18. The van der Waals surface area contributed by atoms with E-state index >= 15 is 0 Å². The predicted molar refractivity (Wildman–Crippen MR) is 130 cm³/mol. The molecule has 37 heavy (non-hydrogen) atoms. The molecule has 1 saturated carbocycles. The fraction of sp³-hybridized carbons (Fsp3) is 0.640. The second kappa shape index (κ2) is 11.8. The molecule has 0 aromatic heterocycles. The van der Waals surface area contributed by atoms with Crippen LogP contribution in [0.1, 0.15) is 25.3 Å². The number of anilines is 1. The van der Waals surface area contributed by atoms with Crippen LogP contribution in [0, 0.1) is 0 Å². The second-order valence-corrected chi connectivity index (χ2v) is 9.64. The van der Waals surface area contributed by atoms with E-state index in [0.29, 0.717) is 77.5 Å². The SMILES string of the molecule is CCOC(=O)N1CCC(NC2C(=O)C(=O)C2NCCN2CCN(c3cccc(C(F)(F)F)c3)CC2)CC1. The van der Waals surface area contributed by atoms with Crippen LogP contribution >= 0.6 is 0 Å². The number of carbonyl (C=O) groups is 3. The van der Waals surface area contributed by atoms with E-state index in [2.05, 4.69) is 15.5 Å². The van der Waals surface area contributed by atoms with E-state index in [1.54, 1.807) is 17.9 Å². The Kier molecular flexibility index (Phi) is 8.71. The van der Waals surface area contributed by atoms with Gasteiger partial charge in [-0.15, -0.1) is 0 Å². The summed E-state index contributed by atoms with van der Waals surface area (Å²) in [5.74, 6) is -0.837. The molecule has 0 radical (unpaired) electrons. The minimum absolute atomic E-state index is 0.0425. The van der Waals surface area contributed by atoms with Gasteiger partial charge in [0, 0.05) is 64.1 Å². The van der Waals surface area contributed by atoms with Gasteiger partial charge < -0.3 is 25.2 Å². The monoisotopic (exact) mass is 525 g/mol. The van der Waals surface area contributed by atoms with Crippen LogP contribution in [0.25, 0.3) is 0 Å². The third-order valence-electron chi connectivity index (χ3n) is 7.28. The zero-order valence-corrected chi connectivity index (χ0v) is 20.9. The van der Waals surface area contributed by atoms with Crippen LogP contribution in [0.15, 0.2) is 24.3 Å². The van der Waals surface area contributed by atoms with Crippen LogP contribution in [-0.2, 0) is 20.5 Å². The first kappa shape index (κ1) is 27.3. The summed E-state index contributed by atoms with van der Waals surface area (Å²) in [6.45, 7) is 6.95. The molecule has 0 bridgehead atoms. The Morgan fingerprint density at radius 3 is 2.35 bits per heavy atom. The topological polar surface area (TPSA) is 94.2 Å². The zero-order valence-electron chi connectivity index (χ0n) is 20.9. The lowest BCUT2D eigenvalue weighted by Crippen LogP contribution is -2.71. The maximum Gasteiger partial charge on any atom is 0.416 e. The fourth-order valence-corrected chi connectivity index (χ4v) is 5.08. The molecule has 2 atom stereocenters. The van der Waals surface area contributed by atoms with Crippen LogP contribution in [0.2, 0.25) is 0 Å². The normalized spacial score (nSPS) is 23.8. The van der Waals surface area contributed by atoms with Gasteiger partial charge >= 0.3 is 12.3 Å². The van der Waals surface area contributed by atoms with E-state index in [0.717, 1.165) is 6.07 Å². The minimum Gasteiger partial charge on any atom is -0.450 e. The van der Waals surface area contributed by atoms with Gasteiger partial charge in [-0.25, -0.2) is 4.79 Å². The molecule has 1 aromatic carbocycles. The molecular weight excluding hydrogens is 491 g/mol. The van der Waals surface area contributed by atoms with E-state index in [1.807, 2.05) is 4.90 Å². The van der Waals surface area contributed by atoms with Crippen molar-refractivity contribution >= 4 is 23.3 Å². The van der Waals surface area contributed by atoms with Crippen molar-refractivity contribution in [1.29, 1.82) is 0 Å². The van der Waals surface area contributed by atoms with Crippen molar-refractivity contribution in [2.45, 2.75) is 44.1 Å². The number of halogens is 3. The number of piperazine rings is 1. The lowest BCUT2D eigenvalue weighted by atomic mass is 9.82. The Labute approximate surface area is 214 Å². The number of nitrogens with one attached hydrogen (secondary N) is 2. The number of alkyl halides is 3. The number of ether oxygens (including phenoxy) is 1. The third kappa shape index (κ3) is 6.60. The molecule has 12 heteroatoms. The van der Waals surface area contributed by atoms with Gasteiger partial charge in [0.05, 0.1) is 24.3 Å². The van der Waals surface area contributed by atoms with E-state index < -0.39 is 35.4 Å². The largest absolute Gasteiger partial charge is 0.450 e. The van der Waals surface area contributed by atoms with Crippen molar-refractivity contribution in [1.82, 2.24) is 20.4 Å². The summed E-state index contributed by atoms with van der Waals surface area (Å²) in [6, 6.07) is 4.29. The van der Waals surface area contributed by atoms with E-state index in [9.17, 15) is 27.6 Å². The standard InChI is InChI=1S/C25H34F3N5O4/c1-2-37-24(36)33-9-6-18(7-10-33)30-21-20(22(34)23(21)35)29-8-11-31-12-14-32(15-13-31)19-5-3-4-17(16-19)25(26,27)28/h3-5,16,18,20-21,29-30H,2,6-15H2,1H3. The van der Waals surface area contributed by atoms with Crippen molar-refractivity contribution in [3.63, 3.8) is 0 Å². The lowest BCUT2D eigenvalue weighted by Gasteiger charge is -2.40. The number of ketones is 2. The number of benzene rings is 1. The number of Topliss-reactive ketones (excluding diaryl/α,β-unsaturated/α-hetero) is 2. The van der Waals surface area contributed by atoms with Crippen molar-refractivity contribution in [2.24, 2.45) is 0 Å². The molecule has 2 heterocycles. The minimum atomic E-state index is -4.36. The number of amides is 1. The zero-order chi connectivity index (χ0) is 26.6. The van der Waals surface area contributed by atoms with E-state index in [4.69, 9.17) is 4.74 Å². The number of piperidine rings is 1. The highest BCUT2D eigenvalue weighted by atomic mass is 19.4. The molecule has 3 aliphatic rings. The molecule has 2 unspecified atom stereocenters. The van der Waals surface area contributed by atoms with Crippen LogP contribution in [0.5, 0.6) is 0 Å². The summed E-state index contributed by atoms with van der Waals surface area (Å²) in [7, 11) is 0. The summed E-state index contributed by atoms with van der Waals surface area (Å²) in [5.41, 5.74) is -0.0859. The molecule has 204 valence electrons. The van der Waals surface area contributed by atoms with Crippen LogP contribution < -0.4 is 15.5 Å². The molecule has 3 fully saturated rings. The lowest BCUT2D eigenvalue weighted by molar-refractivity contribution is -0.147. The fourth-order valence-electron chi connectivity index (χ4n) is 5.08. The van der Waals surface area contributed by atoms with Gasteiger partial charge in [0.15, 0.2) is 0 Å². The van der Waals surface area contributed by atoms with Crippen LogP contribution in [-0.4, -0.2) is 105 Å². The van der Waals surface area contributed by atoms with Crippen LogP contribution in [0.3, 0.4) is 0 Å². The Hall–Kier alpha value is -2.70. The van der Waals surface area contributed by atoms with Gasteiger partial charge in [0.1, 0.15) is 0 Å². The summed E-state index contributed by atoms with van der Waals surface area (Å²) in [6.07, 6.45) is -3.33. The molecule has 2 saturated heterocycles. The van der Waals surface area contributed by atoms with E-state index in [-0.39, 0.29) is 12.1 Å². The molecule has 4 rings (SSSR count). The summed E-state index contributed by atoms with van der Waals surface area (Å²) in [5, 5.41) is 6.49. The number of likely N-dealkylation sites (tertiary alicyclic amines) is 1. The highest BCUT2D eigenvalue weighted by molar-refractivity contribution is 6.49. The van der Waals surface area contributed by atoms with Crippen molar-refractivity contribution in [3.05, 3.63) is 29.8 Å². The number of carbonyl (C=O) groups excluding carboxylic acids is 3. The number of nitrogens with zero attached hydrogens (tertiary/aromatic N) is 3. The van der Waals surface area contributed by atoms with Gasteiger partial charge in [-0.2, -0.15) is 13.2 Å². The molecule has 0 spiro atoms. The highest BCUT2D eigenvalue weighted by Crippen LogP contribution is 2.31. The summed E-state index contributed by atoms with van der Waals surface area (Å²) < 4.78 is 44.1. The predicted octanol–water partition coefficient (Wildman–Crippen LogP) is 1.52. The summed E-state index contributed by atoms with van der Waals surface area (Å²) >= 11 is 0. The maximum atomic E-state index is 13.0. The first-order chi connectivity index (χ1) is 17.7. The molecule has 9 nitrogen and oxygen atoms in total. The maximum absolute atomic E-state index is 13.0. The smallest absolute Gasteiger partial charge is 0.416 e. The first-order valence-corrected chi connectivity index (χ1v) is 12.8. The third-order valence-corrected chi connectivity index (χ3v) is 7.28. The van der Waals surface area contributed by atoms with Gasteiger partial charge in [-0.1, -0.05) is 6.07 Å². The quantitative estimate of drug-likeness (QED) is 0.494. The average molecular weight is 526 g/mol. The van der Waals surface area contributed by atoms with Gasteiger partial charge in [-0.3, -0.25) is 14.5 Å². The van der Waals surface area contributed by atoms with Crippen LogP contribution in [0.4, 0.5) is 23.7 Å². The molecule has 1 aromatic rings. The van der Waals surface area contributed by atoms with Crippen molar-refractivity contribution in [2.75, 3.05) is 63.9 Å². The van der Waals surface area contributed by atoms with Gasteiger partial charge in [0.2, 0.25) is 11.6 Å². The van der Waals surface area contributed by atoms with Gasteiger partial charge in [-0.05, 0) is 38.0 Å². The van der Waals surface area contributed by atoms with Gasteiger partial charge in [0.25, 0.3) is 0 Å². The molecule has 1 aliphatic carbocycles. The Morgan fingerprint density at radius 1 is 1.03 bits per heavy atom.